The molecule has 1 aromatic carbocycles. The molecule has 160 valence electrons. The third-order valence-electron chi connectivity index (χ3n) is 5.77. The lowest BCUT2D eigenvalue weighted by atomic mass is 9.80. The van der Waals surface area contributed by atoms with E-state index in [1.807, 2.05) is 42.2 Å². The molecular weight excluding hydrogens is 370 g/mol. The number of amides is 1. The molecule has 6 nitrogen and oxygen atoms in total. The van der Waals surface area contributed by atoms with E-state index in [4.69, 9.17) is 14.2 Å². The Balaban J connectivity index is 1.92. The standard InChI is InChI=1S/C23H33NO5/c1-3-28-23-19(8-7-15-25)20(17-9-11-18(27-2)12-10-17)16-21(29-23)22(26)24-13-5-4-6-14-24/h9-12,16,19-20,23,25H,3-8,13-15H2,1-2H3/t19-,20+,23+/m1/s1. The van der Waals surface area contributed by atoms with Gasteiger partial charge in [0.05, 0.1) is 7.11 Å². The summed E-state index contributed by atoms with van der Waals surface area (Å²) in [5.74, 6) is 1.12. The number of rotatable bonds is 8. The second-order valence-corrected chi connectivity index (χ2v) is 7.65. The fourth-order valence-electron chi connectivity index (χ4n) is 4.22. The largest absolute Gasteiger partial charge is 0.497 e. The summed E-state index contributed by atoms with van der Waals surface area (Å²) in [6.07, 6.45) is 6.10. The molecule has 0 saturated carbocycles. The molecule has 0 bridgehead atoms. The van der Waals surface area contributed by atoms with Gasteiger partial charge < -0.3 is 24.2 Å². The monoisotopic (exact) mass is 403 g/mol. The van der Waals surface area contributed by atoms with Gasteiger partial charge in [0.15, 0.2) is 5.76 Å². The van der Waals surface area contributed by atoms with E-state index in [0.717, 1.165) is 43.7 Å². The highest BCUT2D eigenvalue weighted by Crippen LogP contribution is 2.40. The number of methoxy groups -OCH3 is 1. The van der Waals surface area contributed by atoms with Gasteiger partial charge in [0.2, 0.25) is 6.29 Å². The number of aliphatic hydroxyl groups excluding tert-OH is 1. The highest BCUT2D eigenvalue weighted by atomic mass is 16.7. The molecule has 0 aliphatic carbocycles. The summed E-state index contributed by atoms with van der Waals surface area (Å²) < 4.78 is 17.3. The van der Waals surface area contributed by atoms with Crippen LogP contribution in [-0.4, -0.2) is 55.6 Å². The van der Waals surface area contributed by atoms with E-state index >= 15 is 0 Å². The quantitative estimate of drug-likeness (QED) is 0.720. The van der Waals surface area contributed by atoms with Gasteiger partial charge in [0.1, 0.15) is 5.75 Å². The third kappa shape index (κ3) is 5.31. The number of carbonyl (C=O) groups excluding carboxylic acids is 1. The predicted molar refractivity (Wildman–Crippen MR) is 111 cm³/mol. The normalized spacial score (nSPS) is 24.6. The molecule has 0 spiro atoms. The predicted octanol–water partition coefficient (Wildman–Crippen LogP) is 3.46. The fourth-order valence-corrected chi connectivity index (χ4v) is 4.22. The average Bonchev–Trinajstić information content (AvgIpc) is 2.78. The Kier molecular flexibility index (Phi) is 7.95. The van der Waals surface area contributed by atoms with E-state index in [1.165, 1.54) is 6.42 Å². The molecular formula is C23H33NO5. The molecule has 2 heterocycles. The SMILES string of the molecule is CCO[C@H]1OC(C(=O)N2CCCCC2)=C[C@@H](c2ccc(OC)cc2)[C@H]1CCCO. The minimum absolute atomic E-state index is 0.0217. The molecule has 29 heavy (non-hydrogen) atoms. The van der Waals surface area contributed by atoms with E-state index in [2.05, 4.69) is 0 Å². The van der Waals surface area contributed by atoms with Crippen LogP contribution in [-0.2, 0) is 14.3 Å². The number of hydrogen-bond acceptors (Lipinski definition) is 5. The smallest absolute Gasteiger partial charge is 0.288 e. The number of piperidine rings is 1. The number of ether oxygens (including phenoxy) is 3. The molecule has 0 aromatic heterocycles. The number of nitrogens with zero attached hydrogens (tertiary/aromatic N) is 1. The first kappa shape index (κ1) is 21.7. The highest BCUT2D eigenvalue weighted by Gasteiger charge is 2.38. The van der Waals surface area contributed by atoms with Gasteiger partial charge in [-0.05, 0) is 62.8 Å². The van der Waals surface area contributed by atoms with E-state index < -0.39 is 6.29 Å². The van der Waals surface area contributed by atoms with Crippen molar-refractivity contribution in [3.63, 3.8) is 0 Å². The van der Waals surface area contributed by atoms with E-state index in [-0.39, 0.29) is 24.3 Å². The summed E-state index contributed by atoms with van der Waals surface area (Å²) in [4.78, 5) is 15.0. The molecule has 1 N–H and O–H groups in total. The van der Waals surface area contributed by atoms with Crippen LogP contribution in [0.4, 0.5) is 0 Å². The van der Waals surface area contributed by atoms with E-state index in [1.54, 1.807) is 7.11 Å². The van der Waals surface area contributed by atoms with Crippen molar-refractivity contribution in [2.45, 2.75) is 51.2 Å². The summed E-state index contributed by atoms with van der Waals surface area (Å²) in [7, 11) is 1.65. The Labute approximate surface area is 173 Å². The van der Waals surface area contributed by atoms with Crippen LogP contribution < -0.4 is 4.74 Å². The van der Waals surface area contributed by atoms with E-state index in [9.17, 15) is 9.90 Å². The average molecular weight is 404 g/mol. The van der Waals surface area contributed by atoms with Crippen LogP contribution in [0.3, 0.4) is 0 Å². The maximum Gasteiger partial charge on any atom is 0.288 e. The number of carbonyl (C=O) groups is 1. The number of benzene rings is 1. The molecule has 2 aliphatic rings. The van der Waals surface area contributed by atoms with Crippen molar-refractivity contribution in [2.75, 3.05) is 33.4 Å². The number of hydrogen-bond donors (Lipinski definition) is 1. The molecule has 6 heteroatoms. The van der Waals surface area contributed by atoms with Crippen LogP contribution >= 0.6 is 0 Å². The zero-order valence-corrected chi connectivity index (χ0v) is 17.5. The van der Waals surface area contributed by atoms with Gasteiger partial charge in [-0.15, -0.1) is 0 Å². The lowest BCUT2D eigenvalue weighted by molar-refractivity contribution is -0.170. The van der Waals surface area contributed by atoms with Crippen LogP contribution in [0.1, 0.15) is 50.5 Å². The van der Waals surface area contributed by atoms with Gasteiger partial charge >= 0.3 is 0 Å². The van der Waals surface area contributed by atoms with E-state index in [0.29, 0.717) is 18.8 Å². The molecule has 1 aromatic rings. The Hall–Kier alpha value is -2.05. The number of aliphatic hydroxyl groups is 1. The number of likely N-dealkylation sites (tertiary alicyclic amines) is 1. The van der Waals surface area contributed by atoms with Crippen LogP contribution in [0.2, 0.25) is 0 Å². The van der Waals surface area contributed by atoms with Crippen LogP contribution in [0.5, 0.6) is 5.75 Å². The maximum absolute atomic E-state index is 13.1. The first-order valence-corrected chi connectivity index (χ1v) is 10.7. The second-order valence-electron chi connectivity index (χ2n) is 7.65. The molecule has 1 saturated heterocycles. The molecule has 0 unspecified atom stereocenters. The van der Waals surface area contributed by atoms with Crippen molar-refractivity contribution in [3.8, 4) is 5.75 Å². The van der Waals surface area contributed by atoms with Crippen molar-refractivity contribution >= 4 is 5.91 Å². The van der Waals surface area contributed by atoms with Crippen LogP contribution in [0.25, 0.3) is 0 Å². The van der Waals surface area contributed by atoms with Gasteiger partial charge in [-0.2, -0.15) is 0 Å². The van der Waals surface area contributed by atoms with Crippen LogP contribution in [0.15, 0.2) is 36.1 Å². The molecule has 1 fully saturated rings. The van der Waals surface area contributed by atoms with Crippen LogP contribution in [0, 0.1) is 5.92 Å². The Morgan fingerprint density at radius 2 is 1.93 bits per heavy atom. The molecule has 2 aliphatic heterocycles. The second kappa shape index (κ2) is 10.6. The number of allylic oxidation sites excluding steroid dienone is 1. The zero-order chi connectivity index (χ0) is 20.6. The van der Waals surface area contributed by atoms with Crippen molar-refractivity contribution in [1.29, 1.82) is 0 Å². The Morgan fingerprint density at radius 3 is 2.55 bits per heavy atom. The maximum atomic E-state index is 13.1. The first-order chi connectivity index (χ1) is 14.2. The third-order valence-corrected chi connectivity index (χ3v) is 5.77. The van der Waals surface area contributed by atoms with Gasteiger partial charge in [-0.3, -0.25) is 4.79 Å². The van der Waals surface area contributed by atoms with Crippen molar-refractivity contribution in [3.05, 3.63) is 41.7 Å². The minimum atomic E-state index is -0.507. The molecule has 0 radical (unpaired) electrons. The summed E-state index contributed by atoms with van der Waals surface area (Å²) in [6.45, 7) is 4.11. The van der Waals surface area contributed by atoms with Gasteiger partial charge in [-0.1, -0.05) is 12.1 Å². The highest BCUT2D eigenvalue weighted by molar-refractivity contribution is 5.91. The zero-order valence-electron chi connectivity index (χ0n) is 17.5. The van der Waals surface area contributed by atoms with Crippen molar-refractivity contribution in [2.24, 2.45) is 5.92 Å². The van der Waals surface area contributed by atoms with Gasteiger partial charge in [0.25, 0.3) is 5.91 Å². The topological polar surface area (TPSA) is 68.2 Å². The summed E-state index contributed by atoms with van der Waals surface area (Å²) in [5, 5.41) is 9.37. The lowest BCUT2D eigenvalue weighted by Crippen LogP contribution is -2.42. The van der Waals surface area contributed by atoms with Gasteiger partial charge in [0, 0.05) is 38.1 Å². The minimum Gasteiger partial charge on any atom is -0.497 e. The Bertz CT molecular complexity index is 681. The van der Waals surface area contributed by atoms with Crippen molar-refractivity contribution in [1.82, 2.24) is 4.90 Å². The molecule has 1 amide bonds. The molecule has 3 rings (SSSR count). The first-order valence-electron chi connectivity index (χ1n) is 10.7. The summed E-state index contributed by atoms with van der Waals surface area (Å²) in [5.41, 5.74) is 1.09. The van der Waals surface area contributed by atoms with Gasteiger partial charge in [-0.25, -0.2) is 0 Å². The molecule has 3 atom stereocenters. The van der Waals surface area contributed by atoms with Crippen molar-refractivity contribution < 1.29 is 24.1 Å². The summed E-state index contributed by atoms with van der Waals surface area (Å²) in [6, 6.07) is 7.93. The lowest BCUT2D eigenvalue weighted by Gasteiger charge is -2.38. The summed E-state index contributed by atoms with van der Waals surface area (Å²) >= 11 is 0. The Morgan fingerprint density at radius 1 is 1.21 bits per heavy atom. The fraction of sp³-hybridized carbons (Fsp3) is 0.609.